The quantitative estimate of drug-likeness (QED) is 0.721. The molecule has 0 spiro atoms. The van der Waals surface area contributed by atoms with Gasteiger partial charge in [-0.15, -0.1) is 0 Å². The summed E-state index contributed by atoms with van der Waals surface area (Å²) >= 11 is 0. The highest BCUT2D eigenvalue weighted by molar-refractivity contribution is 5.26. The molecule has 0 saturated heterocycles. The van der Waals surface area contributed by atoms with Gasteiger partial charge in [0.2, 0.25) is 0 Å². The Morgan fingerprint density at radius 1 is 1.33 bits per heavy atom. The molecule has 2 N–H and O–H groups in total. The first-order valence-electron chi connectivity index (χ1n) is 5.62. The molecule has 2 heterocycles. The summed E-state index contributed by atoms with van der Waals surface area (Å²) in [6.45, 7) is 2.10. The van der Waals surface area contributed by atoms with Gasteiger partial charge in [-0.1, -0.05) is 0 Å². The SMILES string of the molecule is CN1CCc2c(nc(C3(N)CC3)n2C)C1. The van der Waals surface area contributed by atoms with E-state index in [0.29, 0.717) is 0 Å². The summed E-state index contributed by atoms with van der Waals surface area (Å²) in [6, 6.07) is 0. The Kier molecular flexibility index (Phi) is 1.77. The lowest BCUT2D eigenvalue weighted by Gasteiger charge is -2.21. The van der Waals surface area contributed by atoms with Gasteiger partial charge in [-0.05, 0) is 19.9 Å². The highest BCUT2D eigenvalue weighted by Crippen LogP contribution is 2.42. The Hall–Kier alpha value is -0.870. The van der Waals surface area contributed by atoms with Gasteiger partial charge in [0, 0.05) is 32.3 Å². The molecule has 1 fully saturated rings. The lowest BCUT2D eigenvalue weighted by atomic mass is 10.1. The zero-order valence-electron chi connectivity index (χ0n) is 9.45. The monoisotopic (exact) mass is 206 g/mol. The Bertz CT molecular complexity index is 403. The van der Waals surface area contributed by atoms with E-state index in [4.69, 9.17) is 10.7 Å². The van der Waals surface area contributed by atoms with Crippen LogP contribution in [-0.4, -0.2) is 28.0 Å². The molecule has 4 nitrogen and oxygen atoms in total. The average molecular weight is 206 g/mol. The molecule has 3 rings (SSSR count). The molecule has 0 radical (unpaired) electrons. The molecule has 0 atom stereocenters. The number of nitrogens with zero attached hydrogens (tertiary/aromatic N) is 3. The third-order valence-corrected chi connectivity index (χ3v) is 3.68. The number of nitrogens with two attached hydrogens (primary N) is 1. The normalized spacial score (nSPS) is 23.9. The van der Waals surface area contributed by atoms with Crippen LogP contribution in [0.3, 0.4) is 0 Å². The van der Waals surface area contributed by atoms with Crippen LogP contribution in [0.1, 0.15) is 30.1 Å². The van der Waals surface area contributed by atoms with Gasteiger partial charge in [-0.2, -0.15) is 0 Å². The maximum Gasteiger partial charge on any atom is 0.129 e. The number of imidazole rings is 1. The van der Waals surface area contributed by atoms with Crippen molar-refractivity contribution in [3.63, 3.8) is 0 Å². The first kappa shape index (κ1) is 9.36. The van der Waals surface area contributed by atoms with Crippen LogP contribution in [0, 0.1) is 0 Å². The maximum atomic E-state index is 6.22. The number of likely N-dealkylation sites (N-methyl/N-ethyl adjacent to an activating group) is 1. The summed E-state index contributed by atoms with van der Waals surface area (Å²) in [5.41, 5.74) is 8.73. The number of aromatic nitrogens is 2. The molecule has 0 unspecified atom stereocenters. The van der Waals surface area contributed by atoms with E-state index >= 15 is 0 Å². The summed E-state index contributed by atoms with van der Waals surface area (Å²) in [7, 11) is 4.26. The van der Waals surface area contributed by atoms with Gasteiger partial charge in [0.1, 0.15) is 5.82 Å². The smallest absolute Gasteiger partial charge is 0.129 e. The second kappa shape index (κ2) is 2.83. The minimum atomic E-state index is -0.106. The zero-order valence-corrected chi connectivity index (χ0v) is 9.45. The second-order valence-corrected chi connectivity index (χ2v) is 5.03. The van der Waals surface area contributed by atoms with E-state index in [1.807, 2.05) is 0 Å². The first-order valence-corrected chi connectivity index (χ1v) is 5.62. The molecule has 15 heavy (non-hydrogen) atoms. The molecule has 2 aliphatic rings. The Balaban J connectivity index is 2.05. The minimum absolute atomic E-state index is 0.106. The van der Waals surface area contributed by atoms with Crippen molar-refractivity contribution in [2.75, 3.05) is 13.6 Å². The van der Waals surface area contributed by atoms with Crippen molar-refractivity contribution >= 4 is 0 Å². The average Bonchev–Trinajstić information content (AvgIpc) is 2.84. The third-order valence-electron chi connectivity index (χ3n) is 3.68. The highest BCUT2D eigenvalue weighted by atomic mass is 15.2. The highest BCUT2D eigenvalue weighted by Gasteiger charge is 2.44. The van der Waals surface area contributed by atoms with Crippen LogP contribution in [-0.2, 0) is 25.6 Å². The van der Waals surface area contributed by atoms with E-state index in [2.05, 4.69) is 23.6 Å². The van der Waals surface area contributed by atoms with Gasteiger partial charge in [-0.25, -0.2) is 4.98 Å². The van der Waals surface area contributed by atoms with Crippen LogP contribution in [0.5, 0.6) is 0 Å². The summed E-state index contributed by atoms with van der Waals surface area (Å²) < 4.78 is 2.23. The number of fused-ring (bicyclic) bond motifs is 1. The van der Waals surface area contributed by atoms with Gasteiger partial charge in [0.25, 0.3) is 0 Å². The Labute approximate surface area is 90.1 Å². The maximum absolute atomic E-state index is 6.22. The van der Waals surface area contributed by atoms with Crippen LogP contribution >= 0.6 is 0 Å². The molecule has 0 aromatic carbocycles. The van der Waals surface area contributed by atoms with Crippen molar-refractivity contribution in [2.24, 2.45) is 12.8 Å². The molecule has 1 aromatic rings. The predicted octanol–water partition coefficient (Wildman–Crippen LogP) is 0.356. The van der Waals surface area contributed by atoms with E-state index in [9.17, 15) is 0 Å². The summed E-state index contributed by atoms with van der Waals surface area (Å²) in [5, 5.41) is 0. The van der Waals surface area contributed by atoms with Crippen molar-refractivity contribution in [3.05, 3.63) is 17.2 Å². The minimum Gasteiger partial charge on any atom is -0.333 e. The van der Waals surface area contributed by atoms with Crippen molar-refractivity contribution < 1.29 is 0 Å². The van der Waals surface area contributed by atoms with E-state index in [0.717, 1.165) is 38.2 Å². The molecule has 4 heteroatoms. The van der Waals surface area contributed by atoms with Gasteiger partial charge >= 0.3 is 0 Å². The standard InChI is InChI=1S/C11H18N4/c1-14-6-3-9-8(7-14)13-10(15(9)2)11(12)4-5-11/h3-7,12H2,1-2H3. The molecular weight excluding hydrogens is 188 g/mol. The van der Waals surface area contributed by atoms with Crippen molar-refractivity contribution in [3.8, 4) is 0 Å². The molecule has 82 valence electrons. The fourth-order valence-corrected chi connectivity index (χ4v) is 2.46. The molecule has 1 aromatic heterocycles. The first-order chi connectivity index (χ1) is 7.10. The van der Waals surface area contributed by atoms with Crippen molar-refractivity contribution in [1.29, 1.82) is 0 Å². The molecule has 1 aliphatic heterocycles. The van der Waals surface area contributed by atoms with Crippen LogP contribution in [0.15, 0.2) is 0 Å². The Morgan fingerprint density at radius 2 is 2.07 bits per heavy atom. The molecule has 0 bridgehead atoms. The second-order valence-electron chi connectivity index (χ2n) is 5.03. The number of hydrogen-bond acceptors (Lipinski definition) is 3. The van der Waals surface area contributed by atoms with E-state index in [1.165, 1.54) is 11.4 Å². The summed E-state index contributed by atoms with van der Waals surface area (Å²) in [5.74, 6) is 1.10. The molecular formula is C11H18N4. The van der Waals surface area contributed by atoms with E-state index < -0.39 is 0 Å². The van der Waals surface area contributed by atoms with Gasteiger partial charge in [0.15, 0.2) is 0 Å². The predicted molar refractivity (Wildman–Crippen MR) is 58.3 cm³/mol. The molecule has 0 amide bonds. The van der Waals surface area contributed by atoms with Gasteiger partial charge < -0.3 is 15.2 Å². The fourth-order valence-electron chi connectivity index (χ4n) is 2.46. The largest absolute Gasteiger partial charge is 0.333 e. The third kappa shape index (κ3) is 1.32. The lowest BCUT2D eigenvalue weighted by molar-refractivity contribution is 0.305. The summed E-state index contributed by atoms with van der Waals surface area (Å²) in [6.07, 6.45) is 3.28. The molecule has 1 saturated carbocycles. The van der Waals surface area contributed by atoms with Crippen molar-refractivity contribution in [2.45, 2.75) is 31.3 Å². The fraction of sp³-hybridized carbons (Fsp3) is 0.727. The Morgan fingerprint density at radius 3 is 2.73 bits per heavy atom. The number of rotatable bonds is 1. The van der Waals surface area contributed by atoms with Crippen LogP contribution in [0.4, 0.5) is 0 Å². The van der Waals surface area contributed by atoms with E-state index in [-0.39, 0.29) is 5.54 Å². The zero-order chi connectivity index (χ0) is 10.6. The summed E-state index contributed by atoms with van der Waals surface area (Å²) in [4.78, 5) is 7.05. The van der Waals surface area contributed by atoms with Gasteiger partial charge in [0.05, 0.1) is 11.2 Å². The van der Waals surface area contributed by atoms with Crippen LogP contribution < -0.4 is 5.73 Å². The number of hydrogen-bond donors (Lipinski definition) is 1. The molecule has 1 aliphatic carbocycles. The van der Waals surface area contributed by atoms with Gasteiger partial charge in [-0.3, -0.25) is 0 Å². The van der Waals surface area contributed by atoms with Crippen LogP contribution in [0.2, 0.25) is 0 Å². The lowest BCUT2D eigenvalue weighted by Crippen LogP contribution is -2.27. The van der Waals surface area contributed by atoms with E-state index in [1.54, 1.807) is 0 Å². The van der Waals surface area contributed by atoms with Crippen LogP contribution in [0.25, 0.3) is 0 Å². The topological polar surface area (TPSA) is 47.1 Å². The van der Waals surface area contributed by atoms with Crippen molar-refractivity contribution in [1.82, 2.24) is 14.5 Å².